The Kier molecular flexibility index (Phi) is 6.63. The van der Waals surface area contributed by atoms with Crippen molar-refractivity contribution in [2.24, 2.45) is 0 Å². The predicted octanol–water partition coefficient (Wildman–Crippen LogP) is 4.78. The molecule has 0 aliphatic carbocycles. The molecule has 0 fully saturated rings. The molecule has 4 rings (SSSR count). The van der Waals surface area contributed by atoms with Crippen LogP contribution in [0.4, 0.5) is 24.5 Å². The van der Waals surface area contributed by atoms with Gasteiger partial charge >= 0.3 is 6.18 Å². The Hall–Kier alpha value is -3.41. The number of hydrogen-bond acceptors (Lipinski definition) is 5. The molecule has 33 heavy (non-hydrogen) atoms. The van der Waals surface area contributed by atoms with E-state index in [2.05, 4.69) is 11.1 Å². The average Bonchev–Trinajstić information content (AvgIpc) is 2.98. The molecule has 0 radical (unpaired) electrons. The average molecular weight is 452 g/mol. The van der Waals surface area contributed by atoms with Crippen LogP contribution < -0.4 is 4.90 Å². The number of fused-ring (bicyclic) bond motifs is 1. The molecular formula is C25H23F3N4O. The lowest BCUT2D eigenvalue weighted by molar-refractivity contribution is -0.137. The summed E-state index contributed by atoms with van der Waals surface area (Å²) in [5.41, 5.74) is 4.32. The molecule has 2 heterocycles. The van der Waals surface area contributed by atoms with Gasteiger partial charge in [-0.25, -0.2) is 0 Å². The smallest absolute Gasteiger partial charge is 0.396 e. The topological polar surface area (TPSA) is 63.4 Å². The molecule has 0 atom stereocenters. The van der Waals surface area contributed by atoms with Crippen molar-refractivity contribution in [3.05, 3.63) is 77.5 Å². The molecule has 0 spiro atoms. The van der Waals surface area contributed by atoms with Crippen LogP contribution in [-0.2, 0) is 19.1 Å². The summed E-state index contributed by atoms with van der Waals surface area (Å²) in [6.45, 7) is 1.97. The van der Waals surface area contributed by atoms with E-state index < -0.39 is 11.7 Å². The first-order chi connectivity index (χ1) is 15.9. The first kappa shape index (κ1) is 22.8. The second kappa shape index (κ2) is 9.61. The molecule has 2 aromatic carbocycles. The minimum absolute atomic E-state index is 0.0197. The van der Waals surface area contributed by atoms with E-state index in [1.54, 1.807) is 0 Å². The van der Waals surface area contributed by atoms with E-state index in [0.29, 0.717) is 31.7 Å². The molecule has 5 nitrogen and oxygen atoms in total. The lowest BCUT2D eigenvalue weighted by Crippen LogP contribution is -2.29. The third kappa shape index (κ3) is 5.16. The number of hydrogen-bond donors (Lipinski definition) is 1. The minimum atomic E-state index is -4.38. The van der Waals surface area contributed by atoms with Crippen LogP contribution in [0.25, 0.3) is 11.3 Å². The number of aliphatic hydroxyl groups excluding tert-OH is 1. The van der Waals surface area contributed by atoms with Gasteiger partial charge in [-0.15, -0.1) is 0 Å². The molecule has 0 saturated carbocycles. The van der Waals surface area contributed by atoms with Crippen molar-refractivity contribution in [2.45, 2.75) is 19.1 Å². The summed E-state index contributed by atoms with van der Waals surface area (Å²) in [6, 6.07) is 18.9. The molecule has 3 aromatic rings. The van der Waals surface area contributed by atoms with Crippen molar-refractivity contribution < 1.29 is 18.3 Å². The van der Waals surface area contributed by atoms with Gasteiger partial charge in [0, 0.05) is 55.3 Å². The van der Waals surface area contributed by atoms with Crippen molar-refractivity contribution in [3.8, 4) is 17.3 Å². The zero-order valence-corrected chi connectivity index (χ0v) is 17.9. The molecular weight excluding hydrogens is 429 g/mol. The van der Waals surface area contributed by atoms with Crippen LogP contribution in [0.3, 0.4) is 0 Å². The molecule has 1 aromatic heterocycles. The van der Waals surface area contributed by atoms with Gasteiger partial charge in [0.1, 0.15) is 0 Å². The monoisotopic (exact) mass is 452 g/mol. The Balaban J connectivity index is 1.73. The molecule has 8 heteroatoms. The summed E-state index contributed by atoms with van der Waals surface area (Å²) < 4.78 is 39.0. The quantitative estimate of drug-likeness (QED) is 0.565. The van der Waals surface area contributed by atoms with Crippen molar-refractivity contribution in [1.29, 1.82) is 5.26 Å². The minimum Gasteiger partial charge on any atom is -0.396 e. The highest BCUT2D eigenvalue weighted by Gasteiger charge is 2.30. The van der Waals surface area contributed by atoms with Gasteiger partial charge in [-0.2, -0.15) is 18.4 Å². The summed E-state index contributed by atoms with van der Waals surface area (Å²) in [4.78, 5) is 8.63. The second-order valence-corrected chi connectivity index (χ2v) is 7.90. The molecule has 170 valence electrons. The molecule has 1 aliphatic rings. The number of alkyl halides is 3. The molecule has 1 N–H and O–H groups in total. The third-order valence-corrected chi connectivity index (χ3v) is 5.68. The fraction of sp³-hybridized carbons (Fsp3) is 0.280. The van der Waals surface area contributed by atoms with Gasteiger partial charge in [-0.3, -0.25) is 9.88 Å². The number of nitriles is 1. The Labute approximate surface area is 190 Å². The number of aromatic nitrogens is 1. The summed E-state index contributed by atoms with van der Waals surface area (Å²) >= 11 is 0. The van der Waals surface area contributed by atoms with Gasteiger partial charge < -0.3 is 10.0 Å². The maximum absolute atomic E-state index is 13.0. The Bertz CT molecular complexity index is 1160. The maximum Gasteiger partial charge on any atom is 0.416 e. The largest absolute Gasteiger partial charge is 0.416 e. The number of aliphatic hydroxyl groups is 1. The first-order valence-electron chi connectivity index (χ1n) is 10.6. The highest BCUT2D eigenvalue weighted by atomic mass is 19.4. The normalized spacial score (nSPS) is 14.5. The lowest BCUT2D eigenvalue weighted by Gasteiger charge is -2.25. The number of pyridine rings is 1. The van der Waals surface area contributed by atoms with Crippen molar-refractivity contribution in [1.82, 2.24) is 9.88 Å². The second-order valence-electron chi connectivity index (χ2n) is 7.90. The van der Waals surface area contributed by atoms with Gasteiger partial charge in [0.2, 0.25) is 0 Å². The molecule has 0 saturated heterocycles. The fourth-order valence-corrected chi connectivity index (χ4v) is 4.04. The summed E-state index contributed by atoms with van der Waals surface area (Å²) in [6.07, 6.45) is -3.91. The van der Waals surface area contributed by atoms with Crippen LogP contribution in [0.2, 0.25) is 0 Å². The van der Waals surface area contributed by atoms with E-state index in [0.717, 1.165) is 40.3 Å². The van der Waals surface area contributed by atoms with E-state index in [4.69, 9.17) is 0 Å². The number of rotatable bonds is 5. The number of nitrogens with zero attached hydrogens (tertiary/aromatic N) is 4. The SMILES string of the molecule is N#CCN1CCN(c2ccc(C(F)(F)F)cc2)c2ccc(-c3cccc(CCO)n3)cc2C1. The van der Waals surface area contributed by atoms with Crippen molar-refractivity contribution in [2.75, 3.05) is 31.1 Å². The van der Waals surface area contributed by atoms with Crippen LogP contribution in [0, 0.1) is 11.3 Å². The molecule has 1 aliphatic heterocycles. The zero-order chi connectivity index (χ0) is 23.4. The van der Waals surface area contributed by atoms with E-state index >= 15 is 0 Å². The van der Waals surface area contributed by atoms with Gasteiger partial charge in [-0.05, 0) is 54.1 Å². The highest BCUT2D eigenvalue weighted by Crippen LogP contribution is 2.36. The van der Waals surface area contributed by atoms with Gasteiger partial charge in [-0.1, -0.05) is 12.1 Å². The fourth-order valence-electron chi connectivity index (χ4n) is 4.04. The summed E-state index contributed by atoms with van der Waals surface area (Å²) in [5, 5.41) is 18.4. The summed E-state index contributed by atoms with van der Waals surface area (Å²) in [5.74, 6) is 0. The third-order valence-electron chi connectivity index (χ3n) is 5.68. The predicted molar refractivity (Wildman–Crippen MR) is 120 cm³/mol. The molecule has 0 amide bonds. The number of halogens is 3. The van der Waals surface area contributed by atoms with Crippen LogP contribution in [-0.4, -0.2) is 41.2 Å². The Morgan fingerprint density at radius 3 is 2.52 bits per heavy atom. The van der Waals surface area contributed by atoms with Gasteiger partial charge in [0.05, 0.1) is 23.9 Å². The first-order valence-corrected chi connectivity index (χ1v) is 10.6. The van der Waals surface area contributed by atoms with E-state index in [-0.39, 0.29) is 13.2 Å². The Morgan fingerprint density at radius 2 is 1.82 bits per heavy atom. The molecule has 0 unspecified atom stereocenters. The van der Waals surface area contributed by atoms with E-state index in [1.165, 1.54) is 12.1 Å². The standard InChI is InChI=1S/C25H23F3N4O/c26-25(27,28)20-5-7-22(8-6-20)32-14-13-31(12-11-29)17-19-16-18(4-9-24(19)32)23-3-1-2-21(30-23)10-15-33/h1-9,16,33H,10,12-15,17H2. The highest BCUT2D eigenvalue weighted by molar-refractivity contribution is 5.72. The van der Waals surface area contributed by atoms with Crippen LogP contribution >= 0.6 is 0 Å². The van der Waals surface area contributed by atoms with Crippen LogP contribution in [0.1, 0.15) is 16.8 Å². The maximum atomic E-state index is 13.0. The van der Waals surface area contributed by atoms with Gasteiger partial charge in [0.25, 0.3) is 0 Å². The number of anilines is 2. The van der Waals surface area contributed by atoms with E-state index in [9.17, 15) is 23.5 Å². The number of benzene rings is 2. The lowest BCUT2D eigenvalue weighted by atomic mass is 10.0. The Morgan fingerprint density at radius 1 is 1.03 bits per heavy atom. The van der Waals surface area contributed by atoms with Gasteiger partial charge in [0.15, 0.2) is 0 Å². The van der Waals surface area contributed by atoms with Crippen molar-refractivity contribution in [3.63, 3.8) is 0 Å². The van der Waals surface area contributed by atoms with Crippen molar-refractivity contribution >= 4 is 11.4 Å². The zero-order valence-electron chi connectivity index (χ0n) is 17.9. The molecule has 0 bridgehead atoms. The van der Waals surface area contributed by atoms with E-state index in [1.807, 2.05) is 46.2 Å². The van der Waals surface area contributed by atoms with Crippen LogP contribution in [0.5, 0.6) is 0 Å². The summed E-state index contributed by atoms with van der Waals surface area (Å²) in [7, 11) is 0. The van der Waals surface area contributed by atoms with Crippen LogP contribution in [0.15, 0.2) is 60.7 Å².